The summed E-state index contributed by atoms with van der Waals surface area (Å²) in [5, 5.41) is 19.4. The molecule has 0 saturated carbocycles. The zero-order chi connectivity index (χ0) is 29.3. The second kappa shape index (κ2) is 14.4. The second-order valence-electron chi connectivity index (χ2n) is 10.2. The van der Waals surface area contributed by atoms with E-state index >= 15 is 8.78 Å². The van der Waals surface area contributed by atoms with Crippen molar-refractivity contribution in [2.45, 2.75) is 43.0 Å². The van der Waals surface area contributed by atoms with Gasteiger partial charge in [0.25, 0.3) is 0 Å². The average Bonchev–Trinajstić information content (AvgIpc) is 3.65. The zero-order valence-corrected chi connectivity index (χ0v) is 27.8. The maximum Gasteiger partial charge on any atom is 0.182 e. The molecule has 1 aromatic carbocycles. The van der Waals surface area contributed by atoms with Gasteiger partial charge >= 0.3 is 0 Å². The van der Waals surface area contributed by atoms with Gasteiger partial charge in [0, 0.05) is 56.2 Å². The van der Waals surface area contributed by atoms with Crippen LogP contribution < -0.4 is 4.74 Å². The molecule has 0 amide bonds. The Labute approximate surface area is 270 Å². The van der Waals surface area contributed by atoms with E-state index in [1.165, 1.54) is 30.0 Å². The number of hydrogen-bond acceptors (Lipinski definition) is 5. The van der Waals surface area contributed by atoms with E-state index < -0.39 is 34.2 Å². The Bertz CT molecular complexity index is 1590. The Kier molecular flexibility index (Phi) is 11.6. The van der Waals surface area contributed by atoms with Crippen molar-refractivity contribution in [1.82, 2.24) is 15.0 Å². The smallest absolute Gasteiger partial charge is 0.182 e. The monoisotopic (exact) mass is 805 g/mol. The van der Waals surface area contributed by atoms with Crippen molar-refractivity contribution >= 4 is 29.2 Å². The maximum absolute atomic E-state index is 15.1. The van der Waals surface area contributed by atoms with Crippen molar-refractivity contribution in [2.75, 3.05) is 12.9 Å². The van der Waals surface area contributed by atoms with Crippen LogP contribution in [-0.4, -0.2) is 49.6 Å². The van der Waals surface area contributed by atoms with E-state index in [1.807, 2.05) is 6.92 Å². The van der Waals surface area contributed by atoms with Crippen LogP contribution in [0.15, 0.2) is 77.1 Å². The molecule has 3 unspecified atom stereocenters. The summed E-state index contributed by atoms with van der Waals surface area (Å²) in [6, 6.07) is 5.64. The number of thioether (sulfide) groups is 1. The molecule has 2 aliphatic carbocycles. The minimum atomic E-state index is -1.25. The number of aromatic amines is 2. The van der Waals surface area contributed by atoms with Crippen molar-refractivity contribution < 1.29 is 54.7 Å². The number of benzene rings is 1. The first-order valence-electron chi connectivity index (χ1n) is 13.0. The number of fused-ring (bicyclic) bond motifs is 1. The van der Waals surface area contributed by atoms with E-state index in [2.05, 4.69) is 15.0 Å². The molecule has 13 heteroatoms. The molecule has 3 atom stereocenters. The number of hydrogen-bond donors (Lipinski definition) is 4. The maximum atomic E-state index is 15.1. The van der Waals surface area contributed by atoms with Gasteiger partial charge < -0.3 is 30.4 Å². The summed E-state index contributed by atoms with van der Waals surface area (Å²) in [7, 11) is 0. The number of nitrogens with zero attached hydrogens (tertiary/aromatic N) is 1. The van der Waals surface area contributed by atoms with Crippen molar-refractivity contribution in [2.24, 2.45) is 0 Å². The molecule has 230 valence electrons. The molecule has 0 radical (unpaired) electrons. The van der Waals surface area contributed by atoms with Crippen molar-refractivity contribution in [3.8, 4) is 17.1 Å². The van der Waals surface area contributed by atoms with Crippen LogP contribution in [0.3, 0.4) is 0 Å². The van der Waals surface area contributed by atoms with E-state index in [-0.39, 0.29) is 56.0 Å². The third-order valence-corrected chi connectivity index (χ3v) is 8.94. The molecular formula is C30H31ClF3N3O4SW. The zero-order valence-electron chi connectivity index (χ0n) is 23.3. The quantitative estimate of drug-likeness (QED) is 0.190. The number of rotatable bonds is 7. The molecule has 5 rings (SSSR count). The number of imidazole rings is 1. The SMILES string of the molecule is CSC1c2cc[nH]c2C(F)=C(F)C1Oc1ccc(F)c(-c2ncc(C3(C)CC\C(CCO)=C/C(Cl)=C\C3=C\O)[nH]2)c1.O.[W]. The van der Waals surface area contributed by atoms with E-state index in [0.717, 1.165) is 11.8 Å². The number of aliphatic hydroxyl groups excluding tert-OH is 2. The largest absolute Gasteiger partial charge is 0.515 e. The molecule has 0 fully saturated rings. The fraction of sp³-hybridized carbons (Fsp3) is 0.300. The number of allylic oxidation sites excluding steroid dienone is 4. The standard InChI is InChI=1S/C30H29ClF3N3O3S.H2O.W/c1-30(8-5-16(7-10-38)11-18(31)12-17(30)15-39)23-14-36-29(37-23)21-13-19(3-4-22(21)32)40-27-25(34)24(33)26-20(6-9-35-26)28(27)41-2;;/h3-4,6,9,11-15,27-28,35,38-39H,5,7-8,10H2,1-2H3,(H,36,37);1H2;/b16-11+,17-15-,18-12+;;. The van der Waals surface area contributed by atoms with Gasteiger partial charge in [0.2, 0.25) is 0 Å². The summed E-state index contributed by atoms with van der Waals surface area (Å²) >= 11 is 7.72. The third-order valence-electron chi connectivity index (χ3n) is 7.71. The van der Waals surface area contributed by atoms with E-state index in [4.69, 9.17) is 16.3 Å². The van der Waals surface area contributed by atoms with Gasteiger partial charge in [-0.2, -0.15) is 11.8 Å². The second-order valence-corrected chi connectivity index (χ2v) is 11.6. The summed E-state index contributed by atoms with van der Waals surface area (Å²) in [4.78, 5) is 10.3. The molecule has 43 heavy (non-hydrogen) atoms. The molecule has 6 N–H and O–H groups in total. The Hall–Kier alpha value is -2.69. The van der Waals surface area contributed by atoms with Crippen molar-refractivity contribution in [3.05, 3.63) is 99.8 Å². The molecular weight excluding hydrogens is 775 g/mol. The number of aromatic nitrogens is 3. The fourth-order valence-electron chi connectivity index (χ4n) is 5.34. The van der Waals surface area contributed by atoms with Crippen LogP contribution in [0.2, 0.25) is 0 Å². The minimum Gasteiger partial charge on any atom is -0.515 e. The van der Waals surface area contributed by atoms with E-state index in [0.29, 0.717) is 41.1 Å². The number of ether oxygens (including phenoxy) is 1. The average molecular weight is 806 g/mol. The van der Waals surface area contributed by atoms with E-state index in [1.54, 1.807) is 36.9 Å². The van der Waals surface area contributed by atoms with Gasteiger partial charge in [-0.05, 0) is 80.0 Å². The van der Waals surface area contributed by atoms with Gasteiger partial charge in [-0.1, -0.05) is 17.2 Å². The Morgan fingerprint density at radius 1 is 1.23 bits per heavy atom. The van der Waals surface area contributed by atoms with Crippen molar-refractivity contribution in [1.29, 1.82) is 0 Å². The third kappa shape index (κ3) is 6.71. The molecule has 0 bridgehead atoms. The first kappa shape index (κ1) is 34.8. The predicted octanol–water partition coefficient (Wildman–Crippen LogP) is 7.11. The van der Waals surface area contributed by atoms with Crippen LogP contribution in [-0.2, 0) is 26.5 Å². The van der Waals surface area contributed by atoms with Gasteiger partial charge in [-0.25, -0.2) is 18.2 Å². The molecule has 0 spiro atoms. The molecule has 0 saturated heterocycles. The predicted molar refractivity (Wildman–Crippen MR) is 159 cm³/mol. The number of H-pyrrole nitrogens is 2. The van der Waals surface area contributed by atoms with Gasteiger partial charge in [0.05, 0.1) is 22.8 Å². The molecule has 2 aliphatic rings. The minimum absolute atomic E-state index is 0. The summed E-state index contributed by atoms with van der Waals surface area (Å²) < 4.78 is 50.9. The summed E-state index contributed by atoms with van der Waals surface area (Å²) in [5.74, 6) is -2.29. The molecule has 3 aromatic rings. The summed E-state index contributed by atoms with van der Waals surface area (Å²) in [6.07, 6.45) is 9.70. The van der Waals surface area contributed by atoms with Crippen LogP contribution in [0.25, 0.3) is 17.2 Å². The number of halogens is 4. The van der Waals surface area contributed by atoms with Crippen LogP contribution in [0.4, 0.5) is 13.2 Å². The molecule has 2 aromatic heterocycles. The molecule has 2 heterocycles. The Morgan fingerprint density at radius 3 is 2.70 bits per heavy atom. The fourth-order valence-corrected chi connectivity index (χ4v) is 6.48. The first-order chi connectivity index (χ1) is 19.7. The van der Waals surface area contributed by atoms with Crippen LogP contribution >= 0.6 is 23.4 Å². The topological polar surface area (TPSA) is 126 Å². The summed E-state index contributed by atoms with van der Waals surface area (Å²) in [5.41, 5.74) is 2.09. The van der Waals surface area contributed by atoms with Gasteiger partial charge in [-0.3, -0.25) is 0 Å². The van der Waals surface area contributed by atoms with Gasteiger partial charge in [-0.15, -0.1) is 0 Å². The van der Waals surface area contributed by atoms with Gasteiger partial charge in [0.15, 0.2) is 17.8 Å². The Morgan fingerprint density at radius 2 is 2.00 bits per heavy atom. The number of nitrogens with one attached hydrogen (secondary N) is 2. The number of aliphatic hydroxyl groups is 2. The molecule has 7 nitrogen and oxygen atoms in total. The van der Waals surface area contributed by atoms with Gasteiger partial charge in [0.1, 0.15) is 17.4 Å². The van der Waals surface area contributed by atoms with Crippen LogP contribution in [0.1, 0.15) is 48.4 Å². The first-order valence-corrected chi connectivity index (χ1v) is 14.7. The van der Waals surface area contributed by atoms with Crippen LogP contribution in [0.5, 0.6) is 5.75 Å². The summed E-state index contributed by atoms with van der Waals surface area (Å²) in [6.45, 7) is 1.90. The molecule has 0 aliphatic heterocycles. The van der Waals surface area contributed by atoms with Crippen LogP contribution in [0, 0.1) is 5.82 Å². The van der Waals surface area contributed by atoms with E-state index in [9.17, 15) is 14.6 Å². The Balaban J connectivity index is 0.00000253. The normalized spacial score (nSPS) is 25.3. The van der Waals surface area contributed by atoms with Crippen molar-refractivity contribution in [3.63, 3.8) is 0 Å².